The molecule has 0 amide bonds. The van der Waals surface area contributed by atoms with Gasteiger partial charge in [0.25, 0.3) is 0 Å². The van der Waals surface area contributed by atoms with Crippen LogP contribution in [0.3, 0.4) is 0 Å². The Hall–Kier alpha value is -0.870. The molecule has 0 bridgehead atoms. The molecule has 0 N–H and O–H groups in total. The lowest BCUT2D eigenvalue weighted by atomic mass is 10.1. The third kappa shape index (κ3) is 2.21. The highest BCUT2D eigenvalue weighted by molar-refractivity contribution is 6.29. The maximum absolute atomic E-state index is 5.80. The highest BCUT2D eigenvalue weighted by Crippen LogP contribution is 2.22. The maximum atomic E-state index is 5.80. The van der Waals surface area contributed by atoms with Gasteiger partial charge in [0, 0.05) is 13.0 Å². The molecule has 1 aliphatic rings. The number of nitrogens with zero attached hydrogens (tertiary/aromatic N) is 3. The normalized spacial score (nSPS) is 25.5. The van der Waals surface area contributed by atoms with Crippen molar-refractivity contribution in [2.45, 2.75) is 13.0 Å². The average Bonchev–Trinajstić information content (AvgIpc) is 2.63. The minimum atomic E-state index is 0.359. The van der Waals surface area contributed by atoms with Gasteiger partial charge in [0.1, 0.15) is 11.0 Å². The van der Waals surface area contributed by atoms with E-state index in [2.05, 4.69) is 21.8 Å². The van der Waals surface area contributed by atoms with Gasteiger partial charge in [-0.25, -0.2) is 4.98 Å². The van der Waals surface area contributed by atoms with Crippen LogP contribution >= 0.6 is 11.6 Å². The fraction of sp³-hybridized carbons (Fsp3) is 0.600. The maximum Gasteiger partial charge on any atom is 0.149 e. The summed E-state index contributed by atoms with van der Waals surface area (Å²) in [6.07, 6.45) is 3.25. The van der Waals surface area contributed by atoms with Crippen LogP contribution in [0, 0.1) is 5.92 Å². The molecule has 2 heterocycles. The molecule has 15 heavy (non-hydrogen) atoms. The van der Waals surface area contributed by atoms with Crippen LogP contribution in [-0.4, -0.2) is 36.3 Å². The zero-order valence-corrected chi connectivity index (χ0v) is 9.61. The number of hydrogen-bond acceptors (Lipinski definition) is 4. The molecule has 1 aliphatic heterocycles. The van der Waals surface area contributed by atoms with Crippen molar-refractivity contribution in [2.75, 3.05) is 25.2 Å². The molecule has 0 spiro atoms. The van der Waals surface area contributed by atoms with E-state index in [1.165, 1.54) is 6.20 Å². The lowest BCUT2D eigenvalue weighted by Gasteiger charge is -2.27. The lowest BCUT2D eigenvalue weighted by molar-refractivity contribution is 0.186. The molecule has 0 aliphatic carbocycles. The number of rotatable bonds is 2. The molecule has 5 heteroatoms. The number of aromatic nitrogens is 2. The van der Waals surface area contributed by atoms with Crippen LogP contribution in [0.2, 0.25) is 5.15 Å². The molecule has 1 aromatic heterocycles. The third-order valence-electron chi connectivity index (χ3n) is 2.78. The van der Waals surface area contributed by atoms with Gasteiger partial charge >= 0.3 is 0 Å². The van der Waals surface area contributed by atoms with E-state index in [-0.39, 0.29) is 0 Å². The zero-order valence-electron chi connectivity index (χ0n) is 8.85. The lowest BCUT2D eigenvalue weighted by Crippen LogP contribution is -2.37. The first-order valence-electron chi connectivity index (χ1n) is 4.96. The van der Waals surface area contributed by atoms with Gasteiger partial charge in [-0.3, -0.25) is 4.98 Å². The number of ether oxygens (including phenoxy) is 1. The van der Waals surface area contributed by atoms with Crippen LogP contribution in [0.5, 0.6) is 0 Å². The fourth-order valence-corrected chi connectivity index (χ4v) is 1.96. The molecule has 82 valence electrons. The second-order valence-corrected chi connectivity index (χ2v) is 4.28. The monoisotopic (exact) mass is 227 g/mol. The Labute approximate surface area is 94.2 Å². The quantitative estimate of drug-likeness (QED) is 0.769. The molecule has 0 saturated carbocycles. The summed E-state index contributed by atoms with van der Waals surface area (Å²) >= 11 is 5.80. The molecule has 0 radical (unpaired) electrons. The topological polar surface area (TPSA) is 38.2 Å². The zero-order chi connectivity index (χ0) is 10.8. The summed E-state index contributed by atoms with van der Waals surface area (Å²) in [4.78, 5) is 10.3. The van der Waals surface area contributed by atoms with Crippen LogP contribution in [-0.2, 0) is 4.74 Å². The Kier molecular flexibility index (Phi) is 3.07. The Bertz CT molecular complexity index is 347. The van der Waals surface area contributed by atoms with E-state index in [4.69, 9.17) is 16.3 Å². The van der Waals surface area contributed by atoms with Crippen molar-refractivity contribution in [3.63, 3.8) is 0 Å². The SMILES string of the molecule is CC1COCC1N(C)c1cncc(Cl)n1. The van der Waals surface area contributed by atoms with Crippen molar-refractivity contribution in [3.05, 3.63) is 17.5 Å². The predicted octanol–water partition coefficient (Wildman–Crippen LogP) is 1.60. The Morgan fingerprint density at radius 2 is 2.27 bits per heavy atom. The van der Waals surface area contributed by atoms with E-state index < -0.39 is 0 Å². The molecule has 2 rings (SSSR count). The predicted molar refractivity (Wildman–Crippen MR) is 59.2 cm³/mol. The highest BCUT2D eigenvalue weighted by atomic mass is 35.5. The molecule has 2 unspecified atom stereocenters. The number of likely N-dealkylation sites (N-methyl/N-ethyl adjacent to an activating group) is 1. The van der Waals surface area contributed by atoms with Crippen LogP contribution in [0.1, 0.15) is 6.92 Å². The first kappa shape index (κ1) is 10.6. The van der Waals surface area contributed by atoms with Gasteiger partial charge in [0.2, 0.25) is 0 Å². The molecular formula is C10H14ClN3O. The second kappa shape index (κ2) is 4.33. The van der Waals surface area contributed by atoms with Crippen molar-refractivity contribution in [1.82, 2.24) is 9.97 Å². The Morgan fingerprint density at radius 1 is 1.47 bits per heavy atom. The van der Waals surface area contributed by atoms with E-state index >= 15 is 0 Å². The van der Waals surface area contributed by atoms with Crippen LogP contribution in [0.15, 0.2) is 12.4 Å². The van der Waals surface area contributed by atoms with Gasteiger partial charge in [0.05, 0.1) is 31.6 Å². The Morgan fingerprint density at radius 3 is 2.87 bits per heavy atom. The van der Waals surface area contributed by atoms with Crippen molar-refractivity contribution < 1.29 is 4.74 Å². The Balaban J connectivity index is 2.16. The van der Waals surface area contributed by atoms with E-state index in [1.54, 1.807) is 6.20 Å². The first-order valence-corrected chi connectivity index (χ1v) is 5.34. The van der Waals surface area contributed by atoms with E-state index in [0.717, 1.165) is 19.0 Å². The number of anilines is 1. The minimum absolute atomic E-state index is 0.359. The molecule has 1 saturated heterocycles. The number of halogens is 1. The molecular weight excluding hydrogens is 214 g/mol. The van der Waals surface area contributed by atoms with E-state index in [0.29, 0.717) is 17.1 Å². The molecule has 0 aromatic carbocycles. The molecule has 2 atom stereocenters. The first-order chi connectivity index (χ1) is 7.18. The summed E-state index contributed by atoms with van der Waals surface area (Å²) in [6.45, 7) is 3.72. The average molecular weight is 228 g/mol. The van der Waals surface area contributed by atoms with Gasteiger partial charge in [-0.15, -0.1) is 0 Å². The number of hydrogen-bond donors (Lipinski definition) is 0. The summed E-state index contributed by atoms with van der Waals surface area (Å²) in [5.41, 5.74) is 0. The minimum Gasteiger partial charge on any atom is -0.379 e. The van der Waals surface area contributed by atoms with E-state index in [9.17, 15) is 0 Å². The van der Waals surface area contributed by atoms with Crippen molar-refractivity contribution in [3.8, 4) is 0 Å². The summed E-state index contributed by atoms with van der Waals surface area (Å²) in [5.74, 6) is 1.31. The fourth-order valence-electron chi connectivity index (χ4n) is 1.82. The van der Waals surface area contributed by atoms with Crippen molar-refractivity contribution in [2.24, 2.45) is 5.92 Å². The van der Waals surface area contributed by atoms with Gasteiger partial charge in [-0.1, -0.05) is 18.5 Å². The van der Waals surface area contributed by atoms with Crippen molar-refractivity contribution in [1.29, 1.82) is 0 Å². The largest absolute Gasteiger partial charge is 0.379 e. The van der Waals surface area contributed by atoms with Crippen LogP contribution in [0.25, 0.3) is 0 Å². The molecule has 4 nitrogen and oxygen atoms in total. The van der Waals surface area contributed by atoms with Gasteiger partial charge < -0.3 is 9.64 Å². The summed E-state index contributed by atoms with van der Waals surface area (Å²) in [7, 11) is 2.00. The van der Waals surface area contributed by atoms with Gasteiger partial charge in [0.15, 0.2) is 0 Å². The van der Waals surface area contributed by atoms with Gasteiger partial charge in [-0.2, -0.15) is 0 Å². The smallest absolute Gasteiger partial charge is 0.149 e. The molecule has 1 fully saturated rings. The summed E-state index contributed by atoms with van der Waals surface area (Å²) in [5, 5.41) is 0.422. The third-order valence-corrected chi connectivity index (χ3v) is 2.96. The summed E-state index contributed by atoms with van der Waals surface area (Å²) < 4.78 is 5.42. The molecule has 1 aromatic rings. The van der Waals surface area contributed by atoms with E-state index in [1.807, 2.05) is 7.05 Å². The summed E-state index contributed by atoms with van der Waals surface area (Å²) in [6, 6.07) is 0.359. The van der Waals surface area contributed by atoms with Crippen LogP contribution < -0.4 is 4.90 Å². The second-order valence-electron chi connectivity index (χ2n) is 3.89. The standard InChI is InChI=1S/C10H14ClN3O/c1-7-5-15-6-8(7)14(2)10-4-12-3-9(11)13-10/h3-4,7-8H,5-6H2,1-2H3. The van der Waals surface area contributed by atoms with Crippen LogP contribution in [0.4, 0.5) is 5.82 Å². The van der Waals surface area contributed by atoms with Crippen molar-refractivity contribution >= 4 is 17.4 Å². The van der Waals surface area contributed by atoms with Gasteiger partial charge in [-0.05, 0) is 0 Å². The highest BCUT2D eigenvalue weighted by Gasteiger charge is 2.28.